The summed E-state index contributed by atoms with van der Waals surface area (Å²) in [4.78, 5) is 27.6. The molecule has 4 atom stereocenters. The van der Waals surface area contributed by atoms with Gasteiger partial charge in [0.25, 0.3) is 0 Å². The lowest BCUT2D eigenvalue weighted by Crippen LogP contribution is -2.40. The molecule has 7 nitrogen and oxygen atoms in total. The van der Waals surface area contributed by atoms with Crippen molar-refractivity contribution < 1.29 is 19.2 Å². The van der Waals surface area contributed by atoms with Gasteiger partial charge in [0.05, 0.1) is 18.4 Å². The predicted molar refractivity (Wildman–Crippen MR) is 66.2 cm³/mol. The van der Waals surface area contributed by atoms with Crippen molar-refractivity contribution in [1.82, 2.24) is 15.5 Å². The summed E-state index contributed by atoms with van der Waals surface area (Å²) in [5.74, 6) is -1.47. The monoisotopic (exact) mass is 277 g/mol. The van der Waals surface area contributed by atoms with Crippen LogP contribution in [-0.4, -0.2) is 27.1 Å². The third-order valence-corrected chi connectivity index (χ3v) is 4.04. The second-order valence-electron chi connectivity index (χ2n) is 5.29. The zero-order chi connectivity index (χ0) is 14.3. The molecule has 0 spiro atoms. The minimum absolute atomic E-state index is 0.0214. The van der Waals surface area contributed by atoms with Crippen molar-refractivity contribution in [3.8, 4) is 0 Å². The first-order valence-corrected chi connectivity index (χ1v) is 6.54. The van der Waals surface area contributed by atoms with Gasteiger partial charge in [-0.05, 0) is 18.3 Å². The number of nitrogens with one attached hydrogen (secondary N) is 1. The molecule has 2 aliphatic rings. The van der Waals surface area contributed by atoms with Gasteiger partial charge in [-0.2, -0.15) is 4.98 Å². The molecule has 106 valence electrons. The van der Waals surface area contributed by atoms with Crippen LogP contribution < -0.4 is 5.32 Å². The van der Waals surface area contributed by atoms with E-state index in [4.69, 9.17) is 4.52 Å². The highest BCUT2D eigenvalue weighted by Crippen LogP contribution is 2.48. The molecule has 20 heavy (non-hydrogen) atoms. The van der Waals surface area contributed by atoms with Crippen LogP contribution >= 0.6 is 0 Å². The summed E-state index contributed by atoms with van der Waals surface area (Å²) < 4.78 is 4.81. The van der Waals surface area contributed by atoms with Crippen LogP contribution in [0.25, 0.3) is 0 Å². The molecule has 3 rings (SSSR count). The summed E-state index contributed by atoms with van der Waals surface area (Å²) in [5, 5.41) is 15.7. The van der Waals surface area contributed by atoms with Gasteiger partial charge in [0.2, 0.25) is 11.8 Å². The van der Waals surface area contributed by atoms with E-state index in [2.05, 4.69) is 15.5 Å². The molecule has 1 aromatic heterocycles. The van der Waals surface area contributed by atoms with Gasteiger partial charge in [-0.15, -0.1) is 0 Å². The minimum atomic E-state index is -0.905. The number of carbonyl (C=O) groups excluding carboxylic acids is 1. The third kappa shape index (κ3) is 2.09. The number of carbonyl (C=O) groups is 2. The quantitative estimate of drug-likeness (QED) is 0.777. The number of aryl methyl sites for hydroxylation is 1. The summed E-state index contributed by atoms with van der Waals surface area (Å²) in [6.45, 7) is 1.82. The molecule has 0 aliphatic heterocycles. The van der Waals surface area contributed by atoms with E-state index in [1.807, 2.05) is 12.2 Å². The van der Waals surface area contributed by atoms with E-state index in [0.29, 0.717) is 11.7 Å². The largest absolute Gasteiger partial charge is 0.481 e. The van der Waals surface area contributed by atoms with Crippen LogP contribution in [0.2, 0.25) is 0 Å². The second kappa shape index (κ2) is 4.73. The van der Waals surface area contributed by atoms with Gasteiger partial charge in [-0.25, -0.2) is 0 Å². The van der Waals surface area contributed by atoms with Crippen LogP contribution in [0.1, 0.15) is 18.1 Å². The molecule has 2 aliphatic carbocycles. The van der Waals surface area contributed by atoms with Gasteiger partial charge in [-0.3, -0.25) is 9.59 Å². The van der Waals surface area contributed by atoms with Crippen molar-refractivity contribution >= 4 is 11.9 Å². The molecule has 7 heteroatoms. The van der Waals surface area contributed by atoms with Gasteiger partial charge in [0.1, 0.15) is 0 Å². The number of aromatic nitrogens is 2. The highest BCUT2D eigenvalue weighted by Gasteiger charge is 2.51. The number of rotatable bonds is 4. The number of nitrogens with zero attached hydrogens (tertiary/aromatic N) is 2. The summed E-state index contributed by atoms with van der Waals surface area (Å²) >= 11 is 0. The smallest absolute Gasteiger partial charge is 0.307 e. The molecule has 1 aromatic rings. The first-order chi connectivity index (χ1) is 9.56. The van der Waals surface area contributed by atoms with E-state index in [1.54, 1.807) is 6.92 Å². The molecule has 0 radical (unpaired) electrons. The highest BCUT2D eigenvalue weighted by atomic mass is 16.5. The minimum Gasteiger partial charge on any atom is -0.481 e. The normalized spacial score (nSPS) is 30.6. The average Bonchev–Trinajstić information content (AvgIpc) is 3.10. The molecular formula is C13H15N3O4. The lowest BCUT2D eigenvalue weighted by Gasteiger charge is -2.23. The van der Waals surface area contributed by atoms with Crippen molar-refractivity contribution in [3.05, 3.63) is 23.9 Å². The van der Waals surface area contributed by atoms with E-state index < -0.39 is 17.8 Å². The Morgan fingerprint density at radius 1 is 1.40 bits per heavy atom. The Morgan fingerprint density at radius 3 is 2.70 bits per heavy atom. The summed E-state index contributed by atoms with van der Waals surface area (Å²) in [6.07, 6.45) is 4.61. The Morgan fingerprint density at radius 2 is 2.10 bits per heavy atom. The first kappa shape index (κ1) is 12.8. The molecule has 1 saturated carbocycles. The fourth-order valence-electron chi connectivity index (χ4n) is 3.21. The zero-order valence-corrected chi connectivity index (χ0v) is 10.9. The van der Waals surface area contributed by atoms with Crippen LogP contribution in [-0.2, 0) is 16.1 Å². The number of fused-ring (bicyclic) bond motifs is 2. The van der Waals surface area contributed by atoms with E-state index in [0.717, 1.165) is 6.42 Å². The topological polar surface area (TPSA) is 105 Å². The van der Waals surface area contributed by atoms with Crippen LogP contribution in [0, 0.1) is 30.6 Å². The molecule has 2 unspecified atom stereocenters. The van der Waals surface area contributed by atoms with Crippen LogP contribution in [0.3, 0.4) is 0 Å². The second-order valence-corrected chi connectivity index (χ2v) is 5.29. The fourth-order valence-corrected chi connectivity index (χ4v) is 3.21. The molecular weight excluding hydrogens is 262 g/mol. The maximum Gasteiger partial charge on any atom is 0.307 e. The summed E-state index contributed by atoms with van der Waals surface area (Å²) in [5.41, 5.74) is 0. The molecule has 1 heterocycles. The SMILES string of the molecule is Cc1nc(CNC(=O)[C@H]2C3C=CC(C3)[C@H]2C(=O)O)no1. The van der Waals surface area contributed by atoms with Crippen molar-refractivity contribution in [1.29, 1.82) is 0 Å². The van der Waals surface area contributed by atoms with Crippen LogP contribution in [0.4, 0.5) is 0 Å². The lowest BCUT2D eigenvalue weighted by atomic mass is 9.82. The van der Waals surface area contributed by atoms with E-state index in [-0.39, 0.29) is 24.3 Å². The number of aliphatic carboxylic acids is 1. The third-order valence-electron chi connectivity index (χ3n) is 4.04. The van der Waals surface area contributed by atoms with Gasteiger partial charge < -0.3 is 14.9 Å². The highest BCUT2D eigenvalue weighted by molar-refractivity contribution is 5.86. The number of carboxylic acids is 1. The number of amides is 1. The molecule has 0 saturated heterocycles. The molecule has 1 amide bonds. The number of hydrogen-bond donors (Lipinski definition) is 2. The maximum atomic E-state index is 12.2. The fraction of sp³-hybridized carbons (Fsp3) is 0.538. The van der Waals surface area contributed by atoms with Crippen molar-refractivity contribution in [3.63, 3.8) is 0 Å². The Hall–Kier alpha value is -2.18. The molecule has 2 N–H and O–H groups in total. The Kier molecular flexibility index (Phi) is 3.04. The summed E-state index contributed by atoms with van der Waals surface area (Å²) in [7, 11) is 0. The first-order valence-electron chi connectivity index (χ1n) is 6.54. The molecule has 0 aromatic carbocycles. The van der Waals surface area contributed by atoms with Crippen molar-refractivity contribution in [2.75, 3.05) is 0 Å². The van der Waals surface area contributed by atoms with E-state index in [9.17, 15) is 14.7 Å². The molecule has 1 fully saturated rings. The lowest BCUT2D eigenvalue weighted by molar-refractivity contribution is -0.147. The molecule has 2 bridgehead atoms. The standard InChI is InChI=1S/C13H15N3O4/c1-6-15-9(16-20-6)5-14-12(17)10-7-2-3-8(4-7)11(10)13(18)19/h2-3,7-8,10-11H,4-5H2,1H3,(H,14,17)(H,18,19)/t7?,8?,10-,11+/m0/s1. The number of carboxylic acid groups (broad SMARTS) is 1. The average molecular weight is 277 g/mol. The van der Waals surface area contributed by atoms with Gasteiger partial charge in [0, 0.05) is 6.92 Å². The van der Waals surface area contributed by atoms with Gasteiger partial charge >= 0.3 is 5.97 Å². The van der Waals surface area contributed by atoms with Crippen molar-refractivity contribution in [2.24, 2.45) is 23.7 Å². The van der Waals surface area contributed by atoms with Crippen molar-refractivity contribution in [2.45, 2.75) is 19.9 Å². The van der Waals surface area contributed by atoms with Gasteiger partial charge in [-0.1, -0.05) is 17.3 Å². The number of hydrogen-bond acceptors (Lipinski definition) is 5. The van der Waals surface area contributed by atoms with E-state index >= 15 is 0 Å². The number of allylic oxidation sites excluding steroid dienone is 2. The van der Waals surface area contributed by atoms with E-state index in [1.165, 1.54) is 0 Å². The summed E-state index contributed by atoms with van der Waals surface area (Å²) in [6, 6.07) is 0. The van der Waals surface area contributed by atoms with Gasteiger partial charge in [0.15, 0.2) is 5.82 Å². The van der Waals surface area contributed by atoms with Crippen LogP contribution in [0.15, 0.2) is 16.7 Å². The Labute approximate surface area is 115 Å². The predicted octanol–water partition coefficient (Wildman–Crippen LogP) is 0.517. The Bertz CT molecular complexity index is 580. The Balaban J connectivity index is 1.67. The zero-order valence-electron chi connectivity index (χ0n) is 10.9. The maximum absolute atomic E-state index is 12.2. The van der Waals surface area contributed by atoms with Crippen LogP contribution in [0.5, 0.6) is 0 Å².